The molecule has 0 aliphatic carbocycles. The molecule has 1 saturated heterocycles. The topological polar surface area (TPSA) is 75.6 Å². The molecule has 1 fully saturated rings. The zero-order valence-electron chi connectivity index (χ0n) is 11.2. The fourth-order valence-electron chi connectivity index (χ4n) is 3.02. The average molecular weight is 260 g/mol. The molecular formula is C14H20N4O. The minimum atomic E-state index is 0.108. The van der Waals surface area contributed by atoms with Crippen LogP contribution < -0.4 is 11.5 Å². The second-order valence-electron chi connectivity index (χ2n) is 5.61. The van der Waals surface area contributed by atoms with Gasteiger partial charge in [0.15, 0.2) is 0 Å². The van der Waals surface area contributed by atoms with Gasteiger partial charge in [-0.1, -0.05) is 0 Å². The summed E-state index contributed by atoms with van der Waals surface area (Å²) in [5.41, 5.74) is 14.4. The molecule has 1 aromatic carbocycles. The first kappa shape index (κ1) is 12.3. The van der Waals surface area contributed by atoms with Crippen molar-refractivity contribution < 1.29 is 4.79 Å². The number of rotatable bonds is 1. The molecule has 5 heteroatoms. The molecule has 2 aliphatic heterocycles. The van der Waals surface area contributed by atoms with Crippen LogP contribution in [0.4, 0.5) is 11.4 Å². The molecule has 2 aliphatic rings. The van der Waals surface area contributed by atoms with Gasteiger partial charge in [-0.2, -0.15) is 0 Å². The van der Waals surface area contributed by atoms with Gasteiger partial charge in [0.25, 0.3) is 5.91 Å². The summed E-state index contributed by atoms with van der Waals surface area (Å²) in [6.45, 7) is 2.77. The summed E-state index contributed by atoms with van der Waals surface area (Å²) in [5, 5.41) is 0. The van der Waals surface area contributed by atoms with Crippen LogP contribution in [0.1, 0.15) is 28.8 Å². The second kappa shape index (κ2) is 4.42. The van der Waals surface area contributed by atoms with E-state index in [1.807, 2.05) is 11.0 Å². The number of anilines is 2. The molecule has 0 atom stereocenters. The Balaban J connectivity index is 1.83. The summed E-state index contributed by atoms with van der Waals surface area (Å²) in [7, 11) is 2.12. The van der Waals surface area contributed by atoms with Crippen LogP contribution >= 0.6 is 0 Å². The van der Waals surface area contributed by atoms with E-state index >= 15 is 0 Å². The van der Waals surface area contributed by atoms with Crippen LogP contribution in [0, 0.1) is 0 Å². The molecule has 0 spiro atoms. The second-order valence-corrected chi connectivity index (χ2v) is 5.61. The average Bonchev–Trinajstić information content (AvgIpc) is 2.69. The van der Waals surface area contributed by atoms with E-state index < -0.39 is 0 Å². The van der Waals surface area contributed by atoms with E-state index in [0.717, 1.165) is 37.1 Å². The van der Waals surface area contributed by atoms with Gasteiger partial charge in [0.1, 0.15) is 0 Å². The van der Waals surface area contributed by atoms with E-state index in [0.29, 0.717) is 24.0 Å². The molecule has 1 amide bonds. The fraction of sp³-hybridized carbons (Fsp3) is 0.500. The highest BCUT2D eigenvalue weighted by Gasteiger charge is 2.34. The van der Waals surface area contributed by atoms with Crippen molar-refractivity contribution in [1.29, 1.82) is 0 Å². The number of carbonyl (C=O) groups is 1. The Labute approximate surface area is 113 Å². The molecule has 1 aromatic rings. The molecule has 0 bridgehead atoms. The fourth-order valence-corrected chi connectivity index (χ4v) is 3.02. The summed E-state index contributed by atoms with van der Waals surface area (Å²) >= 11 is 0. The van der Waals surface area contributed by atoms with Crippen molar-refractivity contribution in [2.75, 3.05) is 31.6 Å². The standard InChI is InChI=1S/C14H20N4O/c1-17-4-2-10(3-5-17)18-8-9-6-12(15)13(16)7-11(9)14(18)19/h6-7,10H,2-5,8,15-16H2,1H3. The maximum Gasteiger partial charge on any atom is 0.254 e. The lowest BCUT2D eigenvalue weighted by Gasteiger charge is -2.34. The van der Waals surface area contributed by atoms with Gasteiger partial charge in [0.2, 0.25) is 0 Å². The number of hydrogen-bond acceptors (Lipinski definition) is 4. The van der Waals surface area contributed by atoms with E-state index in [-0.39, 0.29) is 5.91 Å². The monoisotopic (exact) mass is 260 g/mol. The number of benzene rings is 1. The zero-order chi connectivity index (χ0) is 13.6. The summed E-state index contributed by atoms with van der Waals surface area (Å²) in [5.74, 6) is 0.108. The van der Waals surface area contributed by atoms with Gasteiger partial charge in [0.05, 0.1) is 11.4 Å². The maximum atomic E-state index is 12.5. The van der Waals surface area contributed by atoms with Gasteiger partial charge < -0.3 is 21.3 Å². The highest BCUT2D eigenvalue weighted by Crippen LogP contribution is 2.32. The molecule has 2 heterocycles. The Kier molecular flexibility index (Phi) is 2.86. The third kappa shape index (κ3) is 2.04. The lowest BCUT2D eigenvalue weighted by atomic mass is 10.0. The number of piperidine rings is 1. The van der Waals surface area contributed by atoms with E-state index in [4.69, 9.17) is 11.5 Å². The van der Waals surface area contributed by atoms with Gasteiger partial charge in [-0.15, -0.1) is 0 Å². The summed E-state index contributed by atoms with van der Waals surface area (Å²) in [6.07, 6.45) is 2.09. The van der Waals surface area contributed by atoms with Crippen LogP contribution in [-0.4, -0.2) is 41.9 Å². The number of hydrogen-bond donors (Lipinski definition) is 2. The number of nitrogens with zero attached hydrogens (tertiary/aromatic N) is 2. The van der Waals surface area contributed by atoms with Crippen LogP contribution in [-0.2, 0) is 6.54 Å². The Bertz CT molecular complexity index is 520. The predicted molar refractivity (Wildman–Crippen MR) is 75.7 cm³/mol. The first-order chi connectivity index (χ1) is 9.06. The van der Waals surface area contributed by atoms with E-state index in [1.165, 1.54) is 0 Å². The van der Waals surface area contributed by atoms with Crippen molar-refractivity contribution in [3.05, 3.63) is 23.3 Å². The number of fused-ring (bicyclic) bond motifs is 1. The molecule has 5 nitrogen and oxygen atoms in total. The molecule has 0 saturated carbocycles. The third-order valence-electron chi connectivity index (χ3n) is 4.27. The molecule has 0 aromatic heterocycles. The predicted octanol–water partition coefficient (Wildman–Crippen LogP) is 0.901. The highest BCUT2D eigenvalue weighted by atomic mass is 16.2. The lowest BCUT2D eigenvalue weighted by Crippen LogP contribution is -2.43. The summed E-state index contributed by atoms with van der Waals surface area (Å²) in [4.78, 5) is 16.7. The smallest absolute Gasteiger partial charge is 0.254 e. The van der Waals surface area contributed by atoms with Crippen molar-refractivity contribution in [3.8, 4) is 0 Å². The first-order valence-corrected chi connectivity index (χ1v) is 6.73. The SMILES string of the molecule is CN1CCC(N2Cc3cc(N)c(N)cc3C2=O)CC1. The van der Waals surface area contributed by atoms with Crippen LogP contribution in [0.5, 0.6) is 0 Å². The van der Waals surface area contributed by atoms with Gasteiger partial charge in [-0.25, -0.2) is 0 Å². The third-order valence-corrected chi connectivity index (χ3v) is 4.27. The Hall–Kier alpha value is -1.75. The van der Waals surface area contributed by atoms with Crippen molar-refractivity contribution in [1.82, 2.24) is 9.80 Å². The van der Waals surface area contributed by atoms with Crippen molar-refractivity contribution in [2.24, 2.45) is 0 Å². The number of likely N-dealkylation sites (tertiary alicyclic amines) is 1. The van der Waals surface area contributed by atoms with Crippen LogP contribution in [0.3, 0.4) is 0 Å². The molecule has 4 N–H and O–H groups in total. The highest BCUT2D eigenvalue weighted by molar-refractivity contribution is 6.00. The minimum absolute atomic E-state index is 0.108. The van der Waals surface area contributed by atoms with Gasteiger partial charge >= 0.3 is 0 Å². The Morgan fingerprint density at radius 2 is 1.79 bits per heavy atom. The van der Waals surface area contributed by atoms with E-state index in [1.54, 1.807) is 6.07 Å². The van der Waals surface area contributed by atoms with Gasteiger partial charge in [0, 0.05) is 18.2 Å². The van der Waals surface area contributed by atoms with Crippen molar-refractivity contribution in [3.63, 3.8) is 0 Å². The quantitative estimate of drug-likeness (QED) is 0.736. The number of nitrogen functional groups attached to an aromatic ring is 2. The first-order valence-electron chi connectivity index (χ1n) is 6.73. The largest absolute Gasteiger partial charge is 0.397 e. The number of amides is 1. The van der Waals surface area contributed by atoms with Crippen molar-refractivity contribution in [2.45, 2.75) is 25.4 Å². The lowest BCUT2D eigenvalue weighted by molar-refractivity contribution is 0.0617. The Morgan fingerprint density at radius 1 is 1.16 bits per heavy atom. The molecule has 19 heavy (non-hydrogen) atoms. The summed E-state index contributed by atoms with van der Waals surface area (Å²) in [6, 6.07) is 3.91. The molecule has 0 radical (unpaired) electrons. The molecule has 3 rings (SSSR count). The molecule has 102 valence electrons. The zero-order valence-corrected chi connectivity index (χ0v) is 11.2. The number of nitrogens with two attached hydrogens (primary N) is 2. The normalized spacial score (nSPS) is 20.9. The van der Waals surface area contributed by atoms with Crippen LogP contribution in [0.2, 0.25) is 0 Å². The van der Waals surface area contributed by atoms with Gasteiger partial charge in [-0.3, -0.25) is 4.79 Å². The van der Waals surface area contributed by atoms with E-state index in [9.17, 15) is 4.79 Å². The molecule has 0 unspecified atom stereocenters. The minimum Gasteiger partial charge on any atom is -0.397 e. The Morgan fingerprint density at radius 3 is 2.47 bits per heavy atom. The van der Waals surface area contributed by atoms with E-state index in [2.05, 4.69) is 11.9 Å². The number of carbonyl (C=O) groups excluding carboxylic acids is 1. The van der Waals surface area contributed by atoms with Crippen LogP contribution in [0.25, 0.3) is 0 Å². The summed E-state index contributed by atoms with van der Waals surface area (Å²) < 4.78 is 0. The van der Waals surface area contributed by atoms with Crippen molar-refractivity contribution >= 4 is 17.3 Å². The maximum absolute atomic E-state index is 12.5. The van der Waals surface area contributed by atoms with Crippen LogP contribution in [0.15, 0.2) is 12.1 Å². The van der Waals surface area contributed by atoms with Gasteiger partial charge in [-0.05, 0) is 50.7 Å². The molecular weight excluding hydrogens is 240 g/mol.